The smallest absolute Gasteiger partial charge is 0.410 e. The highest BCUT2D eigenvalue weighted by atomic mass is 19.1. The SMILES string of the molecule is CC(C)(C)N(C(=O)OCc1cc2c(cn1)OCCO2)C1CCN(CCn2c(=O)cnc3ccc(F)cc32)CC1. The summed E-state index contributed by atoms with van der Waals surface area (Å²) in [6.07, 6.45) is 4.04. The van der Waals surface area contributed by atoms with Gasteiger partial charge >= 0.3 is 6.09 Å². The zero-order chi connectivity index (χ0) is 27.6. The maximum absolute atomic E-state index is 13.8. The molecule has 4 heterocycles. The van der Waals surface area contributed by atoms with Crippen LogP contribution in [0.4, 0.5) is 9.18 Å². The molecule has 39 heavy (non-hydrogen) atoms. The average Bonchev–Trinajstić information content (AvgIpc) is 2.91. The van der Waals surface area contributed by atoms with E-state index in [1.165, 1.54) is 18.3 Å². The van der Waals surface area contributed by atoms with Crippen LogP contribution in [0.3, 0.4) is 0 Å². The largest absolute Gasteiger partial charge is 0.486 e. The normalized spacial score (nSPS) is 16.3. The van der Waals surface area contributed by atoms with Crippen LogP contribution in [0.25, 0.3) is 11.0 Å². The number of nitrogens with zero attached hydrogens (tertiary/aromatic N) is 5. The van der Waals surface area contributed by atoms with Crippen molar-refractivity contribution in [2.24, 2.45) is 0 Å². The van der Waals surface area contributed by atoms with Crippen LogP contribution in [0, 0.1) is 5.82 Å². The van der Waals surface area contributed by atoms with Crippen molar-refractivity contribution in [3.8, 4) is 11.5 Å². The van der Waals surface area contributed by atoms with E-state index in [1.807, 2.05) is 25.7 Å². The number of hydrogen-bond donors (Lipinski definition) is 0. The van der Waals surface area contributed by atoms with Crippen LogP contribution in [0.5, 0.6) is 11.5 Å². The van der Waals surface area contributed by atoms with E-state index in [9.17, 15) is 14.0 Å². The third kappa shape index (κ3) is 6.13. The van der Waals surface area contributed by atoms with Gasteiger partial charge in [-0.25, -0.2) is 14.2 Å². The van der Waals surface area contributed by atoms with Gasteiger partial charge in [0.05, 0.1) is 29.1 Å². The number of pyridine rings is 1. The maximum Gasteiger partial charge on any atom is 0.410 e. The Kier molecular flexibility index (Phi) is 7.69. The Morgan fingerprint density at radius 2 is 1.82 bits per heavy atom. The topological polar surface area (TPSA) is 99.0 Å². The summed E-state index contributed by atoms with van der Waals surface area (Å²) in [4.78, 5) is 38.3. The van der Waals surface area contributed by atoms with Crippen LogP contribution >= 0.6 is 0 Å². The minimum absolute atomic E-state index is 0.0144. The summed E-state index contributed by atoms with van der Waals surface area (Å²) in [7, 11) is 0. The first-order valence-electron chi connectivity index (χ1n) is 13.3. The number of benzene rings is 1. The fraction of sp³-hybridized carbons (Fsp3) is 0.500. The second-order valence-electron chi connectivity index (χ2n) is 10.9. The molecule has 208 valence electrons. The molecule has 2 aliphatic rings. The highest BCUT2D eigenvalue weighted by molar-refractivity contribution is 5.74. The van der Waals surface area contributed by atoms with Crippen molar-refractivity contribution in [1.29, 1.82) is 0 Å². The molecule has 1 saturated heterocycles. The number of carbonyl (C=O) groups is 1. The highest BCUT2D eigenvalue weighted by Crippen LogP contribution is 2.30. The van der Waals surface area contributed by atoms with Gasteiger partial charge in [-0.2, -0.15) is 0 Å². The van der Waals surface area contributed by atoms with E-state index in [4.69, 9.17) is 14.2 Å². The van der Waals surface area contributed by atoms with Crippen LogP contribution in [0.1, 0.15) is 39.3 Å². The molecule has 0 saturated carbocycles. The van der Waals surface area contributed by atoms with Crippen molar-refractivity contribution >= 4 is 17.1 Å². The number of aromatic nitrogens is 3. The molecule has 0 radical (unpaired) electrons. The molecule has 3 aromatic rings. The molecule has 0 bridgehead atoms. The number of likely N-dealkylation sites (tertiary alicyclic amines) is 1. The van der Waals surface area contributed by atoms with Crippen LogP contribution in [-0.4, -0.2) is 74.9 Å². The summed E-state index contributed by atoms with van der Waals surface area (Å²) in [5.74, 6) is 0.798. The third-order valence-corrected chi connectivity index (χ3v) is 7.12. The second-order valence-corrected chi connectivity index (χ2v) is 10.9. The molecular weight excluding hydrogens is 505 g/mol. The first-order valence-corrected chi connectivity index (χ1v) is 13.3. The molecule has 11 heteroatoms. The van der Waals surface area contributed by atoms with Gasteiger partial charge in [-0.15, -0.1) is 0 Å². The molecule has 0 aliphatic carbocycles. The lowest BCUT2D eigenvalue weighted by Gasteiger charge is -2.44. The summed E-state index contributed by atoms with van der Waals surface area (Å²) in [6.45, 7) is 9.60. The van der Waals surface area contributed by atoms with Crippen LogP contribution in [0.15, 0.2) is 41.5 Å². The van der Waals surface area contributed by atoms with Crippen molar-refractivity contribution in [3.05, 3.63) is 58.5 Å². The molecule has 10 nitrogen and oxygen atoms in total. The van der Waals surface area contributed by atoms with Gasteiger partial charge in [-0.05, 0) is 51.8 Å². The van der Waals surface area contributed by atoms with Crippen molar-refractivity contribution in [2.45, 2.75) is 58.3 Å². The number of fused-ring (bicyclic) bond motifs is 2. The van der Waals surface area contributed by atoms with Crippen molar-refractivity contribution in [3.63, 3.8) is 0 Å². The van der Waals surface area contributed by atoms with E-state index >= 15 is 0 Å². The maximum atomic E-state index is 13.8. The predicted molar refractivity (Wildman–Crippen MR) is 142 cm³/mol. The molecule has 1 fully saturated rings. The lowest BCUT2D eigenvalue weighted by Crippen LogP contribution is -2.55. The fourth-order valence-corrected chi connectivity index (χ4v) is 5.25. The summed E-state index contributed by atoms with van der Waals surface area (Å²) in [6, 6.07) is 6.03. The van der Waals surface area contributed by atoms with Gasteiger partial charge < -0.3 is 28.6 Å². The van der Waals surface area contributed by atoms with Crippen LogP contribution in [-0.2, 0) is 17.9 Å². The van der Waals surface area contributed by atoms with E-state index in [2.05, 4.69) is 14.9 Å². The lowest BCUT2D eigenvalue weighted by molar-refractivity contribution is 0.0192. The Bertz CT molecular complexity index is 1400. The Morgan fingerprint density at radius 1 is 1.08 bits per heavy atom. The van der Waals surface area contributed by atoms with E-state index in [0.717, 1.165) is 25.9 Å². The summed E-state index contributed by atoms with van der Waals surface area (Å²) in [5.41, 5.74) is 0.983. The van der Waals surface area contributed by atoms with Crippen LogP contribution < -0.4 is 15.0 Å². The Labute approximate surface area is 226 Å². The third-order valence-electron chi connectivity index (χ3n) is 7.12. The zero-order valence-electron chi connectivity index (χ0n) is 22.6. The predicted octanol–water partition coefficient (Wildman–Crippen LogP) is 3.60. The van der Waals surface area contributed by atoms with Crippen molar-refractivity contribution < 1.29 is 23.4 Å². The summed E-state index contributed by atoms with van der Waals surface area (Å²) >= 11 is 0. The van der Waals surface area contributed by atoms with Crippen molar-refractivity contribution in [2.75, 3.05) is 32.8 Å². The Balaban J connectivity index is 1.18. The molecule has 5 rings (SSSR count). The van der Waals surface area contributed by atoms with Gasteiger partial charge in [0.2, 0.25) is 0 Å². The monoisotopic (exact) mass is 539 g/mol. The standard InChI is InChI=1S/C28H34FN5O5/c1-28(2,3)34(27(36)39-18-20-15-24-25(16-30-20)38-13-12-37-24)21-6-8-32(9-7-21)10-11-33-23-14-19(29)4-5-22(23)31-17-26(33)35/h4-5,14-17,21H,6-13,18H2,1-3H3. The van der Waals surface area contributed by atoms with Gasteiger partial charge in [-0.1, -0.05) is 0 Å². The Morgan fingerprint density at radius 3 is 2.56 bits per heavy atom. The first-order chi connectivity index (χ1) is 18.7. The van der Waals surface area contributed by atoms with Gasteiger partial charge in [0.15, 0.2) is 11.5 Å². The van der Waals surface area contributed by atoms with Crippen LogP contribution in [0.2, 0.25) is 0 Å². The first kappa shape index (κ1) is 26.9. The second kappa shape index (κ2) is 11.2. The minimum atomic E-state index is -0.433. The number of ether oxygens (including phenoxy) is 3. The Hall–Kier alpha value is -3.73. The molecular formula is C28H34FN5O5. The molecule has 2 aliphatic heterocycles. The molecule has 0 unspecified atom stereocenters. The van der Waals surface area contributed by atoms with Crippen molar-refractivity contribution in [1.82, 2.24) is 24.3 Å². The molecule has 1 amide bonds. The average molecular weight is 540 g/mol. The fourth-order valence-electron chi connectivity index (χ4n) is 5.25. The molecule has 2 aromatic heterocycles. The number of hydrogen-bond acceptors (Lipinski definition) is 8. The molecule has 0 N–H and O–H groups in total. The summed E-state index contributed by atoms with van der Waals surface area (Å²) < 4.78 is 32.2. The van der Waals surface area contributed by atoms with Gasteiger partial charge in [0.1, 0.15) is 25.6 Å². The number of halogens is 1. The summed E-state index contributed by atoms with van der Waals surface area (Å²) in [5, 5.41) is 0. The quantitative estimate of drug-likeness (QED) is 0.469. The molecule has 0 spiro atoms. The van der Waals surface area contributed by atoms with E-state index < -0.39 is 11.4 Å². The lowest BCUT2D eigenvalue weighted by atomic mass is 9.97. The zero-order valence-corrected chi connectivity index (χ0v) is 22.6. The molecule has 0 atom stereocenters. The van der Waals surface area contributed by atoms with E-state index in [1.54, 1.807) is 22.9 Å². The van der Waals surface area contributed by atoms with E-state index in [-0.39, 0.29) is 24.3 Å². The molecule has 1 aromatic carbocycles. The van der Waals surface area contributed by atoms with E-state index in [0.29, 0.717) is 54.5 Å². The van der Waals surface area contributed by atoms with Gasteiger partial charge in [0, 0.05) is 43.8 Å². The number of carbonyl (C=O) groups excluding carboxylic acids is 1. The van der Waals surface area contributed by atoms with Gasteiger partial charge in [0.25, 0.3) is 5.56 Å². The number of amides is 1. The van der Waals surface area contributed by atoms with Gasteiger partial charge in [-0.3, -0.25) is 9.78 Å². The minimum Gasteiger partial charge on any atom is -0.486 e. The number of piperidine rings is 1. The highest BCUT2D eigenvalue weighted by Gasteiger charge is 2.36. The number of rotatable bonds is 6.